The minimum absolute atomic E-state index is 0.0559. The number of hydrogen-bond acceptors (Lipinski definition) is 6. The summed E-state index contributed by atoms with van der Waals surface area (Å²) in [4.78, 5) is 22.7. The van der Waals surface area contributed by atoms with Crippen LogP contribution in [-0.4, -0.2) is 52.1 Å². The van der Waals surface area contributed by atoms with E-state index in [9.17, 15) is 30.0 Å². The Balaban J connectivity index is 1.54. The lowest BCUT2D eigenvalue weighted by atomic mass is 9.40. The molecule has 1 amide bonds. The van der Waals surface area contributed by atoms with Gasteiger partial charge in [0.2, 0.25) is 5.91 Å². The predicted molar refractivity (Wildman–Crippen MR) is 130 cm³/mol. The lowest BCUT2D eigenvalue weighted by Gasteiger charge is -2.66. The van der Waals surface area contributed by atoms with Gasteiger partial charge in [-0.3, -0.25) is 4.79 Å². The number of rotatable bonds is 7. The van der Waals surface area contributed by atoms with Crippen molar-refractivity contribution < 1.29 is 30.0 Å². The number of fused-ring (bicyclic) bond motifs is 5. The van der Waals surface area contributed by atoms with Crippen molar-refractivity contribution in [2.24, 2.45) is 52.3 Å². The van der Waals surface area contributed by atoms with E-state index in [2.05, 4.69) is 33.0 Å². The quantitative estimate of drug-likeness (QED) is 0.429. The van der Waals surface area contributed by atoms with Crippen molar-refractivity contribution in [1.82, 2.24) is 5.32 Å². The Labute approximate surface area is 210 Å². The molecule has 35 heavy (non-hydrogen) atoms. The van der Waals surface area contributed by atoms with E-state index >= 15 is 0 Å². The summed E-state index contributed by atoms with van der Waals surface area (Å²) in [5.41, 5.74) is -0.163. The van der Waals surface area contributed by atoms with E-state index in [1.807, 2.05) is 0 Å². The van der Waals surface area contributed by atoms with E-state index in [1.165, 1.54) is 0 Å². The molecule has 4 aliphatic carbocycles. The first kappa shape index (κ1) is 26.9. The van der Waals surface area contributed by atoms with Crippen molar-refractivity contribution in [2.45, 2.75) is 104 Å². The van der Waals surface area contributed by atoms with Crippen molar-refractivity contribution >= 4 is 11.9 Å². The highest BCUT2D eigenvalue weighted by Crippen LogP contribution is 2.69. The molecule has 7 nitrogen and oxygen atoms in total. The molecule has 4 saturated carbocycles. The van der Waals surface area contributed by atoms with Crippen LogP contribution in [0.15, 0.2) is 0 Å². The van der Waals surface area contributed by atoms with Gasteiger partial charge in [0.1, 0.15) is 0 Å². The number of amides is 1. The van der Waals surface area contributed by atoms with Crippen molar-refractivity contribution in [1.29, 1.82) is 0 Å². The molecule has 0 spiro atoms. The van der Waals surface area contributed by atoms with Crippen molar-refractivity contribution in [3.63, 3.8) is 0 Å². The molecule has 12 atom stereocenters. The lowest BCUT2D eigenvalue weighted by Crippen LogP contribution is -2.65. The second-order valence-electron chi connectivity index (χ2n) is 12.9. The van der Waals surface area contributed by atoms with E-state index < -0.39 is 24.7 Å². The molecular formula is C28H46NO6-. The summed E-state index contributed by atoms with van der Waals surface area (Å²) in [6.07, 6.45) is 5.79. The van der Waals surface area contributed by atoms with Gasteiger partial charge in [-0.25, -0.2) is 0 Å². The van der Waals surface area contributed by atoms with Crippen molar-refractivity contribution in [3.05, 3.63) is 0 Å². The molecule has 4 fully saturated rings. The normalized spacial score (nSPS) is 47.8. The molecule has 0 aromatic rings. The first-order valence-corrected chi connectivity index (χ1v) is 13.9. The van der Waals surface area contributed by atoms with Gasteiger partial charge in [-0.2, -0.15) is 0 Å². The maximum Gasteiger partial charge on any atom is 0.220 e. The molecule has 7 heteroatoms. The number of hydrogen-bond donors (Lipinski definition) is 4. The first-order chi connectivity index (χ1) is 16.4. The number of carbonyl (C=O) groups is 2. The summed E-state index contributed by atoms with van der Waals surface area (Å²) in [7, 11) is 0. The fourth-order valence-electron chi connectivity index (χ4n) is 9.87. The Hall–Kier alpha value is -1.18. The standard InChI is InChI=1S/C28H47NO6/c1-5-17-20-12-16(30)10-11-27(20,3)25-21(31)13-28(4)18(7-8-19(28)24(25)26(17)35)15(2)6-9-22(32)29-14-23(33)34/h15-21,24-26,30-31,35H,5-14H2,1-4H3,(H,29,32)(H,33,34)/p-1/t15-,16-,17-,18-,19+,20+,21+,24+,25+,26-,27+,28-/m1/s1. The number of carboxylic acid groups (broad SMARTS) is 1. The highest BCUT2D eigenvalue weighted by Gasteiger charge is 2.67. The zero-order valence-electron chi connectivity index (χ0n) is 21.9. The van der Waals surface area contributed by atoms with Crippen LogP contribution in [0.4, 0.5) is 0 Å². The molecule has 0 bridgehead atoms. The highest BCUT2D eigenvalue weighted by molar-refractivity contribution is 5.80. The van der Waals surface area contributed by atoms with Gasteiger partial charge in [-0.05, 0) is 97.2 Å². The van der Waals surface area contributed by atoms with Crippen LogP contribution in [0.2, 0.25) is 0 Å². The number of aliphatic hydroxyl groups excluding tert-OH is 3. The van der Waals surface area contributed by atoms with Crippen molar-refractivity contribution in [3.8, 4) is 0 Å². The monoisotopic (exact) mass is 492 g/mol. The number of carbonyl (C=O) groups excluding carboxylic acids is 2. The van der Waals surface area contributed by atoms with E-state index in [0.29, 0.717) is 18.3 Å². The summed E-state index contributed by atoms with van der Waals surface area (Å²) < 4.78 is 0. The predicted octanol–water partition coefficient (Wildman–Crippen LogP) is 1.87. The van der Waals surface area contributed by atoms with Gasteiger partial charge in [-0.15, -0.1) is 0 Å². The zero-order chi connectivity index (χ0) is 25.7. The van der Waals surface area contributed by atoms with Crippen LogP contribution in [-0.2, 0) is 9.59 Å². The fraction of sp³-hybridized carbons (Fsp3) is 0.929. The van der Waals surface area contributed by atoms with Crippen LogP contribution in [0, 0.1) is 52.3 Å². The molecule has 0 unspecified atom stereocenters. The Morgan fingerprint density at radius 2 is 1.80 bits per heavy atom. The molecule has 4 aliphatic rings. The number of nitrogens with one attached hydrogen (secondary N) is 1. The number of carboxylic acids is 1. The minimum atomic E-state index is -1.29. The third kappa shape index (κ3) is 4.54. The second-order valence-corrected chi connectivity index (χ2v) is 12.9. The molecule has 0 aliphatic heterocycles. The molecule has 0 saturated heterocycles. The molecule has 4 N–H and O–H groups in total. The van der Waals surface area contributed by atoms with Crippen LogP contribution < -0.4 is 10.4 Å². The molecule has 0 radical (unpaired) electrons. The lowest BCUT2D eigenvalue weighted by molar-refractivity contribution is -0.304. The van der Waals surface area contributed by atoms with E-state index in [1.54, 1.807) is 0 Å². The third-order valence-corrected chi connectivity index (χ3v) is 11.3. The van der Waals surface area contributed by atoms with Crippen LogP contribution in [0.25, 0.3) is 0 Å². The maximum atomic E-state index is 12.1. The summed E-state index contributed by atoms with van der Waals surface area (Å²) in [5.74, 6) is -0.101. The van der Waals surface area contributed by atoms with E-state index in [0.717, 1.165) is 44.9 Å². The maximum absolute atomic E-state index is 12.1. The van der Waals surface area contributed by atoms with Gasteiger partial charge < -0.3 is 30.5 Å². The molecule has 4 rings (SSSR count). The van der Waals surface area contributed by atoms with Gasteiger partial charge in [0, 0.05) is 6.42 Å². The van der Waals surface area contributed by atoms with Crippen LogP contribution >= 0.6 is 0 Å². The molecule has 0 aromatic carbocycles. The van der Waals surface area contributed by atoms with Gasteiger partial charge in [0.05, 0.1) is 30.8 Å². The number of aliphatic hydroxyl groups is 3. The first-order valence-electron chi connectivity index (χ1n) is 13.9. The summed E-state index contributed by atoms with van der Waals surface area (Å²) in [5, 5.41) is 47.0. The second kappa shape index (κ2) is 9.94. The summed E-state index contributed by atoms with van der Waals surface area (Å²) >= 11 is 0. The molecule has 0 heterocycles. The zero-order valence-corrected chi connectivity index (χ0v) is 21.9. The van der Waals surface area contributed by atoms with Gasteiger partial charge in [0.25, 0.3) is 0 Å². The molecular weight excluding hydrogens is 446 g/mol. The topological polar surface area (TPSA) is 130 Å². The average Bonchev–Trinajstić information content (AvgIpc) is 3.13. The van der Waals surface area contributed by atoms with E-state index in [4.69, 9.17) is 0 Å². The van der Waals surface area contributed by atoms with Crippen LogP contribution in [0.5, 0.6) is 0 Å². The average molecular weight is 493 g/mol. The highest BCUT2D eigenvalue weighted by atomic mass is 16.4. The number of aliphatic carboxylic acids is 1. The van der Waals surface area contributed by atoms with Crippen LogP contribution in [0.3, 0.4) is 0 Å². The smallest absolute Gasteiger partial charge is 0.220 e. The Kier molecular flexibility index (Phi) is 7.63. The largest absolute Gasteiger partial charge is 0.548 e. The Bertz CT molecular complexity index is 804. The summed E-state index contributed by atoms with van der Waals surface area (Å²) in [6.45, 7) is 8.49. The molecule has 200 valence electrons. The Morgan fingerprint density at radius 3 is 2.46 bits per heavy atom. The molecule has 0 aromatic heterocycles. The third-order valence-electron chi connectivity index (χ3n) is 11.3. The Morgan fingerprint density at radius 1 is 1.09 bits per heavy atom. The minimum Gasteiger partial charge on any atom is -0.548 e. The van der Waals surface area contributed by atoms with Gasteiger partial charge in [0.15, 0.2) is 0 Å². The van der Waals surface area contributed by atoms with E-state index in [-0.39, 0.29) is 58.9 Å². The van der Waals surface area contributed by atoms with Gasteiger partial charge >= 0.3 is 0 Å². The van der Waals surface area contributed by atoms with Crippen molar-refractivity contribution in [2.75, 3.05) is 6.54 Å². The summed E-state index contributed by atoms with van der Waals surface area (Å²) in [6, 6.07) is 0. The fourth-order valence-corrected chi connectivity index (χ4v) is 9.87. The van der Waals surface area contributed by atoms with Gasteiger partial charge in [-0.1, -0.05) is 34.1 Å². The van der Waals surface area contributed by atoms with Crippen LogP contribution in [0.1, 0.15) is 85.5 Å². The SMILES string of the molecule is CC[C@H]1[C@@H](O)[C@@H]2[C@H]([C@@H](O)C[C@]3(C)[C@@H]([C@H](C)CCC(=O)NCC(=O)[O-])CC[C@@H]23)[C@@]2(C)CC[C@@H](O)C[C@@H]12.